The second-order valence-electron chi connectivity index (χ2n) is 19.7. The maximum absolute atomic E-state index is 14.2. The van der Waals surface area contributed by atoms with Gasteiger partial charge in [0.25, 0.3) is 17.4 Å². The molecule has 3 atom stereocenters. The van der Waals surface area contributed by atoms with Gasteiger partial charge in [0.1, 0.15) is 34.3 Å². The van der Waals surface area contributed by atoms with Crippen LogP contribution in [0, 0.1) is 0 Å². The Morgan fingerprint density at radius 2 is 1.63 bits per heavy atom. The molecule has 4 heterocycles. The monoisotopic (exact) mass is 976 g/mol. The Bertz CT molecular complexity index is 2520. The third-order valence-electron chi connectivity index (χ3n) is 10.0. The molecule has 2 aromatic heterocycles. The maximum Gasteiger partial charge on any atom is 0.413 e. The Morgan fingerprint density at radius 1 is 0.985 bits per heavy atom. The van der Waals surface area contributed by atoms with Crippen molar-refractivity contribution >= 4 is 62.5 Å². The molecule has 24 heteroatoms. The lowest BCUT2D eigenvalue weighted by molar-refractivity contribution is -0.753. The molecule has 0 bridgehead atoms. The number of anilines is 1. The number of hydrogen-bond acceptors (Lipinski definition) is 17. The van der Waals surface area contributed by atoms with Gasteiger partial charge in [-0.2, -0.15) is 14.0 Å². The van der Waals surface area contributed by atoms with Crippen LogP contribution >= 0.6 is 11.3 Å². The van der Waals surface area contributed by atoms with E-state index < -0.39 is 86.2 Å². The maximum atomic E-state index is 14.2. The van der Waals surface area contributed by atoms with Crippen molar-refractivity contribution in [1.29, 1.82) is 0 Å². The van der Waals surface area contributed by atoms with Gasteiger partial charge in [-0.15, -0.1) is 16.0 Å². The number of carbonyl (C=O) groups is 5. The van der Waals surface area contributed by atoms with Gasteiger partial charge in [-0.3, -0.25) is 14.9 Å². The van der Waals surface area contributed by atoms with Crippen LogP contribution in [0.2, 0.25) is 0 Å². The molecule has 1 saturated heterocycles. The molecule has 67 heavy (non-hydrogen) atoms. The van der Waals surface area contributed by atoms with Crippen molar-refractivity contribution in [2.24, 2.45) is 12.2 Å². The van der Waals surface area contributed by atoms with E-state index in [1.165, 1.54) is 26.2 Å². The third kappa shape index (κ3) is 13.6. The van der Waals surface area contributed by atoms with Gasteiger partial charge in [-0.05, 0) is 126 Å². The number of β-lactam (4-membered cyclic amide) rings is 1. The fraction of sp³-hybridized carbons (Fsp3) is 0.581. The van der Waals surface area contributed by atoms with Crippen molar-refractivity contribution in [2.75, 3.05) is 11.9 Å². The number of fused-ring (bicyclic) bond motifs is 1. The van der Waals surface area contributed by atoms with E-state index in [0.717, 1.165) is 28.0 Å². The molecule has 4 amide bonds. The van der Waals surface area contributed by atoms with Crippen molar-refractivity contribution in [3.63, 3.8) is 0 Å². The number of oxime groups is 1. The quantitative estimate of drug-likeness (QED) is 0.0219. The molecule has 1 fully saturated rings. The number of esters is 1. The summed E-state index contributed by atoms with van der Waals surface area (Å²) in [6.07, 6.45) is 2.96. The molecule has 2 aliphatic rings. The summed E-state index contributed by atoms with van der Waals surface area (Å²) in [7, 11) is -3.43. The molecule has 22 nitrogen and oxygen atoms in total. The molecule has 3 aromatic rings. The van der Waals surface area contributed by atoms with E-state index in [0.29, 0.717) is 36.7 Å². The molecule has 3 N–H and O–H groups in total. The van der Waals surface area contributed by atoms with Crippen LogP contribution < -0.4 is 25.4 Å². The number of alkyl carbamates (subject to hydrolysis) is 1. The first-order chi connectivity index (χ1) is 30.7. The summed E-state index contributed by atoms with van der Waals surface area (Å²) in [4.78, 5) is 76.3. The Labute approximate surface area is 393 Å². The van der Waals surface area contributed by atoms with Crippen molar-refractivity contribution < 1.29 is 69.7 Å². The first kappa shape index (κ1) is 52.1. The molecule has 5 rings (SSSR count). The van der Waals surface area contributed by atoms with E-state index in [1.807, 2.05) is 40.9 Å². The van der Waals surface area contributed by atoms with Crippen molar-refractivity contribution in [2.45, 2.75) is 149 Å². The number of rotatable bonds is 15. The minimum absolute atomic E-state index is 0.00978. The van der Waals surface area contributed by atoms with Gasteiger partial charge in [0.05, 0.1) is 23.8 Å². The van der Waals surface area contributed by atoms with Crippen LogP contribution in [-0.4, -0.2) is 110 Å². The fourth-order valence-corrected chi connectivity index (χ4v) is 7.96. The summed E-state index contributed by atoms with van der Waals surface area (Å²) in [6, 6.07) is 4.23. The van der Waals surface area contributed by atoms with E-state index in [9.17, 15) is 36.9 Å². The number of aryl methyl sites for hydroxylation is 3. The predicted octanol–water partition coefficient (Wildman–Crippen LogP) is 4.41. The molecule has 0 saturated carbocycles. The summed E-state index contributed by atoms with van der Waals surface area (Å²) in [5.41, 5.74) is -4.04. The number of hydrogen-bond donors (Lipinski definition) is 3. The largest absolute Gasteiger partial charge is 0.724 e. The van der Waals surface area contributed by atoms with E-state index in [-0.39, 0.29) is 17.2 Å². The zero-order valence-electron chi connectivity index (χ0n) is 39.9. The summed E-state index contributed by atoms with van der Waals surface area (Å²) in [5.74, 6) is -2.54. The number of nitrogens with one attached hydrogen (secondary N) is 3. The smallest absolute Gasteiger partial charge is 0.413 e. The summed E-state index contributed by atoms with van der Waals surface area (Å²) >= 11 is 0.898. The number of thiazole rings is 1. The SMILES string of the molecule is C[n+]1cc(-c2ccc3c(c2)CC[C@H]([C@](C)(O/N=C(\C(=O)NC2C(=O)N(OS(=O)(=O)[O-])C2(C)C)c2csc(NC(=O)OC(C)(C)C)n2)C(=O)OC(C)(C)C)O3)cn1CCCNC(=O)OC(C)(C)C. The van der Waals surface area contributed by atoms with Gasteiger partial charge in [0.15, 0.2) is 24.0 Å². The third-order valence-corrected chi connectivity index (χ3v) is 11.1. The molecule has 1 unspecified atom stereocenters. The van der Waals surface area contributed by atoms with Gasteiger partial charge >= 0.3 is 18.2 Å². The summed E-state index contributed by atoms with van der Waals surface area (Å²) < 4.78 is 65.2. The number of ether oxygens (including phenoxy) is 4. The summed E-state index contributed by atoms with van der Waals surface area (Å²) in [5, 5.41) is 13.6. The van der Waals surface area contributed by atoms with Crippen molar-refractivity contribution in [1.82, 2.24) is 25.4 Å². The highest BCUT2D eigenvalue weighted by Crippen LogP contribution is 2.38. The Hall–Kier alpha value is -5.85. The van der Waals surface area contributed by atoms with Crippen LogP contribution in [0.4, 0.5) is 14.7 Å². The molecule has 0 aliphatic carbocycles. The van der Waals surface area contributed by atoms with E-state index in [1.54, 1.807) is 68.4 Å². The highest BCUT2D eigenvalue weighted by atomic mass is 32.3. The zero-order valence-corrected chi connectivity index (χ0v) is 41.6. The van der Waals surface area contributed by atoms with Gasteiger partial charge in [0.2, 0.25) is 16.6 Å². The Morgan fingerprint density at radius 3 is 2.24 bits per heavy atom. The van der Waals surface area contributed by atoms with Crippen LogP contribution in [0.15, 0.2) is 41.1 Å². The second kappa shape index (κ2) is 19.4. The van der Waals surface area contributed by atoms with Gasteiger partial charge < -0.3 is 39.0 Å². The molecule has 1 aromatic carbocycles. The lowest BCUT2D eigenvalue weighted by atomic mass is 9.84. The average Bonchev–Trinajstić information content (AvgIpc) is 3.80. The van der Waals surface area contributed by atoms with Gasteiger partial charge in [0, 0.05) is 11.9 Å². The molecule has 368 valence electrons. The standard InChI is InChI=1S/C43H60N8O14S2/c1-39(2,3)61-35(54)43(12,30-18-16-26-21-25(15-17-29(26)60-30)27-22-49(13)50(23-27)20-14-19-44-37(55)62-40(4,5)6)64-48-31(28-24-66-36(45-28)47-38(56)63-41(7,8)9)33(52)46-32-34(53)51(42(32,10)11)65-67(57,58)59/h15,17,21-24,30,32H,14,16,18-20H2,1-13H3,(H3-,44,45,46,47,52,55,56,57,58,59)/b48-31-/t30-,32?,43+/m1/s1. The topological polar surface area (TPSA) is 271 Å². The number of amides is 4. The molecular weight excluding hydrogens is 917 g/mol. The van der Waals surface area contributed by atoms with E-state index in [2.05, 4.69) is 30.4 Å². The van der Waals surface area contributed by atoms with Crippen LogP contribution in [0.5, 0.6) is 5.75 Å². The lowest BCUT2D eigenvalue weighted by Gasteiger charge is -2.51. The minimum atomic E-state index is -5.34. The van der Waals surface area contributed by atoms with E-state index in [4.69, 9.17) is 23.8 Å². The molecule has 0 radical (unpaired) electrons. The zero-order chi connectivity index (χ0) is 50.1. The highest BCUT2D eigenvalue weighted by molar-refractivity contribution is 7.80. The Balaban J connectivity index is 1.41. The first-order valence-corrected chi connectivity index (χ1v) is 23.5. The number of aromatic nitrogens is 3. The average molecular weight is 977 g/mol. The van der Waals surface area contributed by atoms with E-state index >= 15 is 0 Å². The fourth-order valence-electron chi connectivity index (χ4n) is 6.83. The molecule has 2 aliphatic heterocycles. The van der Waals surface area contributed by atoms with Crippen LogP contribution in [0.25, 0.3) is 11.1 Å². The molecule has 0 spiro atoms. The lowest BCUT2D eigenvalue weighted by Crippen LogP contribution is -2.76. The van der Waals surface area contributed by atoms with Crippen molar-refractivity contribution in [3.05, 3.63) is 47.2 Å². The number of benzene rings is 1. The predicted molar refractivity (Wildman–Crippen MR) is 240 cm³/mol. The van der Waals surface area contributed by atoms with Crippen LogP contribution in [0.1, 0.15) is 107 Å². The number of nitrogens with zero attached hydrogens (tertiary/aromatic N) is 5. The van der Waals surface area contributed by atoms with Crippen LogP contribution in [-0.2, 0) is 68.1 Å². The highest BCUT2D eigenvalue weighted by Gasteiger charge is 2.58. The second-order valence-corrected chi connectivity index (χ2v) is 21.5. The van der Waals surface area contributed by atoms with Gasteiger partial charge in [-0.25, -0.2) is 27.8 Å². The normalized spacial score (nSPS) is 18.3. The number of hydroxylamine groups is 2. The first-order valence-electron chi connectivity index (χ1n) is 21.3. The summed E-state index contributed by atoms with van der Waals surface area (Å²) in [6.45, 7) is 20.6. The number of carbonyl (C=O) groups excluding carboxylic acids is 5. The Kier molecular flexibility index (Phi) is 15.1. The molecular formula is C43H60N8O14S2. The van der Waals surface area contributed by atoms with Gasteiger partial charge in [-0.1, -0.05) is 11.2 Å². The minimum Gasteiger partial charge on any atom is -0.724 e. The van der Waals surface area contributed by atoms with Crippen molar-refractivity contribution in [3.8, 4) is 16.9 Å². The van der Waals surface area contributed by atoms with Crippen LogP contribution in [0.3, 0.4) is 0 Å².